The van der Waals surface area contributed by atoms with Crippen molar-refractivity contribution in [1.82, 2.24) is 9.80 Å². The standard InChI is InChI=1S/C20H24N2O5/c1-26-16-7-8-17(27-2)18-14(16)9-21(10-15(18)23)11-22-19(24)12-5-3-4-6-13(12)20(22)25/h3-4,7-8,12-13,15,23H,5-6,9-11H2,1-2H3/t12-,13-,15+/m1/s1. The van der Waals surface area contributed by atoms with Crippen molar-refractivity contribution < 1.29 is 24.2 Å². The molecule has 0 radical (unpaired) electrons. The van der Waals surface area contributed by atoms with Crippen molar-refractivity contribution in [2.45, 2.75) is 25.5 Å². The van der Waals surface area contributed by atoms with E-state index in [9.17, 15) is 14.7 Å². The molecule has 2 heterocycles. The van der Waals surface area contributed by atoms with Crippen molar-refractivity contribution in [2.75, 3.05) is 27.4 Å². The Morgan fingerprint density at radius 1 is 1.04 bits per heavy atom. The number of nitrogens with zero attached hydrogens (tertiary/aromatic N) is 2. The molecule has 1 fully saturated rings. The zero-order chi connectivity index (χ0) is 19.1. The SMILES string of the molecule is COc1ccc(OC)c2c1CN(CN1C(=O)[C@@H]3CC=CC[C@H]3C1=O)C[C@@H]2O. The van der Waals surface area contributed by atoms with Crippen molar-refractivity contribution in [3.8, 4) is 11.5 Å². The number of carbonyl (C=O) groups excluding carboxylic acids is 2. The minimum absolute atomic E-state index is 0.104. The number of ether oxygens (including phenoxy) is 2. The summed E-state index contributed by atoms with van der Waals surface area (Å²) in [6.45, 7) is 0.972. The van der Waals surface area contributed by atoms with Gasteiger partial charge in [-0.15, -0.1) is 0 Å². The van der Waals surface area contributed by atoms with Gasteiger partial charge in [-0.25, -0.2) is 0 Å². The van der Waals surface area contributed by atoms with Crippen molar-refractivity contribution >= 4 is 11.8 Å². The molecule has 4 rings (SSSR count). The Labute approximate surface area is 158 Å². The number of aliphatic hydroxyl groups is 1. The van der Waals surface area contributed by atoms with Gasteiger partial charge in [-0.2, -0.15) is 0 Å². The summed E-state index contributed by atoms with van der Waals surface area (Å²) in [4.78, 5) is 28.7. The fraction of sp³-hybridized carbons (Fsp3) is 0.500. The van der Waals surface area contributed by atoms with Crippen molar-refractivity contribution in [3.05, 3.63) is 35.4 Å². The third-order valence-electron chi connectivity index (χ3n) is 5.80. The summed E-state index contributed by atoms with van der Waals surface area (Å²) in [5.74, 6) is 0.590. The molecule has 3 atom stereocenters. The van der Waals surface area contributed by atoms with Gasteiger partial charge in [0.1, 0.15) is 11.5 Å². The molecule has 0 unspecified atom stereocenters. The number of imide groups is 1. The maximum absolute atomic E-state index is 12.7. The summed E-state index contributed by atoms with van der Waals surface area (Å²) in [5.41, 5.74) is 1.54. The van der Waals surface area contributed by atoms with Gasteiger partial charge in [0.15, 0.2) is 0 Å². The molecule has 1 aromatic carbocycles. The summed E-state index contributed by atoms with van der Waals surface area (Å²) >= 11 is 0. The van der Waals surface area contributed by atoms with Crippen LogP contribution >= 0.6 is 0 Å². The summed E-state index contributed by atoms with van der Waals surface area (Å²) < 4.78 is 10.8. The van der Waals surface area contributed by atoms with Gasteiger partial charge in [-0.3, -0.25) is 19.4 Å². The third kappa shape index (κ3) is 2.91. The Morgan fingerprint density at radius 2 is 1.63 bits per heavy atom. The molecule has 0 spiro atoms. The quantitative estimate of drug-likeness (QED) is 0.637. The molecular formula is C20H24N2O5. The van der Waals surface area contributed by atoms with Crippen LogP contribution in [0.4, 0.5) is 0 Å². The Hall–Kier alpha value is -2.38. The first-order valence-electron chi connectivity index (χ1n) is 9.19. The summed E-state index contributed by atoms with van der Waals surface area (Å²) in [5, 5.41) is 10.7. The number of hydrogen-bond acceptors (Lipinski definition) is 6. The molecule has 1 saturated heterocycles. The topological polar surface area (TPSA) is 79.3 Å². The van der Waals surface area contributed by atoms with Gasteiger partial charge in [0.25, 0.3) is 0 Å². The molecule has 0 aromatic heterocycles. The molecule has 27 heavy (non-hydrogen) atoms. The van der Waals surface area contributed by atoms with E-state index in [0.717, 1.165) is 5.56 Å². The van der Waals surface area contributed by atoms with Gasteiger partial charge >= 0.3 is 0 Å². The Balaban J connectivity index is 1.57. The number of aliphatic hydroxyl groups excluding tert-OH is 1. The lowest BCUT2D eigenvalue weighted by molar-refractivity contribution is -0.143. The predicted molar refractivity (Wildman–Crippen MR) is 97.0 cm³/mol. The zero-order valence-corrected chi connectivity index (χ0v) is 15.6. The molecule has 144 valence electrons. The summed E-state index contributed by atoms with van der Waals surface area (Å²) in [6.07, 6.45) is 4.43. The number of fused-ring (bicyclic) bond motifs is 2. The van der Waals surface area contributed by atoms with E-state index in [4.69, 9.17) is 9.47 Å². The molecule has 3 aliphatic rings. The van der Waals surface area contributed by atoms with Crippen LogP contribution in [0.5, 0.6) is 11.5 Å². The van der Waals surface area contributed by atoms with E-state index in [0.29, 0.717) is 43.0 Å². The van der Waals surface area contributed by atoms with Gasteiger partial charge in [0.2, 0.25) is 11.8 Å². The average molecular weight is 372 g/mol. The minimum Gasteiger partial charge on any atom is -0.496 e. The highest BCUT2D eigenvalue weighted by atomic mass is 16.5. The second-order valence-corrected chi connectivity index (χ2v) is 7.29. The highest BCUT2D eigenvalue weighted by molar-refractivity contribution is 6.05. The second kappa shape index (κ2) is 6.98. The monoisotopic (exact) mass is 372 g/mol. The third-order valence-corrected chi connectivity index (χ3v) is 5.80. The molecule has 0 bridgehead atoms. The Morgan fingerprint density at radius 3 is 2.22 bits per heavy atom. The number of rotatable bonds is 4. The maximum atomic E-state index is 12.7. The first kappa shape index (κ1) is 18.0. The highest BCUT2D eigenvalue weighted by Crippen LogP contribution is 2.40. The number of allylic oxidation sites excluding steroid dienone is 2. The van der Waals surface area contributed by atoms with Crippen LogP contribution in [0.25, 0.3) is 0 Å². The lowest BCUT2D eigenvalue weighted by atomic mass is 9.85. The van der Waals surface area contributed by atoms with Gasteiger partial charge in [-0.1, -0.05) is 12.2 Å². The normalized spacial score (nSPS) is 27.5. The first-order valence-corrected chi connectivity index (χ1v) is 9.19. The number of hydrogen-bond donors (Lipinski definition) is 1. The molecular weight excluding hydrogens is 348 g/mol. The maximum Gasteiger partial charge on any atom is 0.234 e. The number of benzene rings is 1. The Kier molecular flexibility index (Phi) is 4.65. The predicted octanol–water partition coefficient (Wildman–Crippen LogP) is 1.46. The van der Waals surface area contributed by atoms with Crippen LogP contribution in [0.15, 0.2) is 24.3 Å². The van der Waals surface area contributed by atoms with E-state index in [1.165, 1.54) is 4.90 Å². The van der Waals surface area contributed by atoms with E-state index in [2.05, 4.69) is 0 Å². The van der Waals surface area contributed by atoms with E-state index in [-0.39, 0.29) is 30.3 Å². The lowest BCUT2D eigenvalue weighted by Crippen LogP contribution is -2.45. The summed E-state index contributed by atoms with van der Waals surface area (Å²) in [6, 6.07) is 3.59. The smallest absolute Gasteiger partial charge is 0.234 e. The average Bonchev–Trinajstić information content (AvgIpc) is 2.92. The van der Waals surface area contributed by atoms with Crippen molar-refractivity contribution in [2.24, 2.45) is 11.8 Å². The van der Waals surface area contributed by atoms with Crippen molar-refractivity contribution in [1.29, 1.82) is 0 Å². The van der Waals surface area contributed by atoms with Gasteiger partial charge < -0.3 is 14.6 Å². The molecule has 2 amide bonds. The van der Waals surface area contributed by atoms with Crippen LogP contribution in [0.2, 0.25) is 0 Å². The van der Waals surface area contributed by atoms with Gasteiger partial charge in [0.05, 0.1) is 38.8 Å². The van der Waals surface area contributed by atoms with Crippen LogP contribution in [-0.2, 0) is 16.1 Å². The molecule has 1 N–H and O–H groups in total. The number of likely N-dealkylation sites (tertiary alicyclic amines) is 1. The molecule has 1 aliphatic carbocycles. The lowest BCUT2D eigenvalue weighted by Gasteiger charge is -2.35. The van der Waals surface area contributed by atoms with Crippen LogP contribution in [0, 0.1) is 11.8 Å². The zero-order valence-electron chi connectivity index (χ0n) is 15.6. The number of amides is 2. The van der Waals surface area contributed by atoms with E-state index < -0.39 is 6.10 Å². The minimum atomic E-state index is -0.782. The molecule has 7 heteroatoms. The number of β-amino-alcohol motifs (C(OH)–C–C–N with tert-alkyl or cyclic N) is 1. The second-order valence-electron chi connectivity index (χ2n) is 7.29. The highest BCUT2D eigenvalue weighted by Gasteiger charge is 2.47. The van der Waals surface area contributed by atoms with Crippen LogP contribution < -0.4 is 9.47 Å². The first-order chi connectivity index (χ1) is 13.0. The fourth-order valence-electron chi connectivity index (χ4n) is 4.46. The molecule has 1 aromatic rings. The van der Waals surface area contributed by atoms with Crippen LogP contribution in [-0.4, -0.2) is 54.2 Å². The molecule has 2 aliphatic heterocycles. The van der Waals surface area contributed by atoms with Crippen LogP contribution in [0.1, 0.15) is 30.1 Å². The number of carbonyl (C=O) groups is 2. The van der Waals surface area contributed by atoms with E-state index in [1.807, 2.05) is 17.1 Å². The largest absolute Gasteiger partial charge is 0.496 e. The van der Waals surface area contributed by atoms with Crippen LogP contribution in [0.3, 0.4) is 0 Å². The number of methoxy groups -OCH3 is 2. The van der Waals surface area contributed by atoms with Gasteiger partial charge in [-0.05, 0) is 25.0 Å². The Bertz CT molecular complexity index is 780. The fourth-order valence-corrected chi connectivity index (χ4v) is 4.46. The van der Waals surface area contributed by atoms with E-state index in [1.54, 1.807) is 26.4 Å². The van der Waals surface area contributed by atoms with Crippen molar-refractivity contribution in [3.63, 3.8) is 0 Å². The summed E-state index contributed by atoms with van der Waals surface area (Å²) in [7, 11) is 3.15. The van der Waals surface area contributed by atoms with E-state index >= 15 is 0 Å². The molecule has 0 saturated carbocycles. The molecule has 7 nitrogen and oxygen atoms in total. The van der Waals surface area contributed by atoms with Gasteiger partial charge in [0, 0.05) is 24.2 Å².